The van der Waals surface area contributed by atoms with E-state index in [9.17, 15) is 5.11 Å². The largest absolute Gasteiger partial charge is 0.493 e. The van der Waals surface area contributed by atoms with Crippen LogP contribution >= 0.6 is 0 Å². The molecule has 0 aliphatic rings. The van der Waals surface area contributed by atoms with Crippen LogP contribution in [0.2, 0.25) is 0 Å². The monoisotopic (exact) mass is 375 g/mol. The molecule has 6 heteroatoms. The van der Waals surface area contributed by atoms with E-state index in [-0.39, 0.29) is 6.61 Å². The Kier molecular flexibility index (Phi) is 9.48. The zero-order valence-corrected chi connectivity index (χ0v) is 16.0. The van der Waals surface area contributed by atoms with Gasteiger partial charge < -0.3 is 29.4 Å². The maximum absolute atomic E-state index is 10.0. The van der Waals surface area contributed by atoms with Crippen molar-refractivity contribution >= 4 is 0 Å². The second kappa shape index (κ2) is 12.2. The van der Waals surface area contributed by atoms with Crippen LogP contribution in [0.15, 0.2) is 48.5 Å². The van der Waals surface area contributed by atoms with Crippen molar-refractivity contribution in [3.8, 4) is 17.2 Å². The SMILES string of the molecule is COCCc1ccc(OCC(O)CNCCOc2ccccc2OC)cc1. The van der Waals surface area contributed by atoms with Crippen molar-refractivity contribution in [1.82, 2.24) is 5.32 Å². The molecule has 0 saturated heterocycles. The minimum absolute atomic E-state index is 0.234. The molecule has 0 bridgehead atoms. The first kappa shape index (κ1) is 21.0. The van der Waals surface area contributed by atoms with Gasteiger partial charge in [0.05, 0.1) is 13.7 Å². The van der Waals surface area contributed by atoms with Crippen molar-refractivity contribution < 1.29 is 24.1 Å². The average molecular weight is 375 g/mol. The van der Waals surface area contributed by atoms with E-state index in [0.717, 1.165) is 12.2 Å². The Balaban J connectivity index is 1.58. The molecule has 1 unspecified atom stereocenters. The first-order valence-electron chi connectivity index (χ1n) is 9.08. The van der Waals surface area contributed by atoms with Crippen LogP contribution < -0.4 is 19.5 Å². The third-order valence-corrected chi connectivity index (χ3v) is 3.95. The zero-order chi connectivity index (χ0) is 19.3. The summed E-state index contributed by atoms with van der Waals surface area (Å²) >= 11 is 0. The molecule has 2 N–H and O–H groups in total. The van der Waals surface area contributed by atoms with E-state index in [1.807, 2.05) is 48.5 Å². The normalized spacial score (nSPS) is 11.8. The van der Waals surface area contributed by atoms with Crippen molar-refractivity contribution in [2.75, 3.05) is 47.1 Å². The van der Waals surface area contributed by atoms with Gasteiger partial charge in [0.1, 0.15) is 25.1 Å². The molecule has 1 atom stereocenters. The molecule has 0 fully saturated rings. The summed E-state index contributed by atoms with van der Waals surface area (Å²) in [6.45, 7) is 2.46. The number of methoxy groups -OCH3 is 2. The Hall–Kier alpha value is -2.28. The summed E-state index contributed by atoms with van der Waals surface area (Å²) in [5.41, 5.74) is 1.20. The van der Waals surface area contributed by atoms with Gasteiger partial charge in [0.25, 0.3) is 0 Å². The van der Waals surface area contributed by atoms with Gasteiger partial charge in [0.15, 0.2) is 11.5 Å². The van der Waals surface area contributed by atoms with Gasteiger partial charge in [-0.3, -0.25) is 0 Å². The molecule has 0 spiro atoms. The van der Waals surface area contributed by atoms with E-state index >= 15 is 0 Å². The van der Waals surface area contributed by atoms with Crippen molar-refractivity contribution in [2.24, 2.45) is 0 Å². The summed E-state index contributed by atoms with van der Waals surface area (Å²) < 4.78 is 21.6. The molecule has 2 rings (SSSR count). The molecule has 0 heterocycles. The highest BCUT2D eigenvalue weighted by molar-refractivity contribution is 5.39. The van der Waals surface area contributed by atoms with Crippen LogP contribution in [0.4, 0.5) is 0 Å². The van der Waals surface area contributed by atoms with E-state index < -0.39 is 6.10 Å². The molecule has 148 valence electrons. The van der Waals surface area contributed by atoms with Crippen molar-refractivity contribution in [3.63, 3.8) is 0 Å². The molecule has 0 aliphatic heterocycles. The highest BCUT2D eigenvalue weighted by Gasteiger charge is 2.06. The van der Waals surface area contributed by atoms with Gasteiger partial charge >= 0.3 is 0 Å². The molecule has 0 radical (unpaired) electrons. The highest BCUT2D eigenvalue weighted by atomic mass is 16.5. The minimum atomic E-state index is -0.593. The third kappa shape index (κ3) is 7.86. The number of aliphatic hydroxyl groups excluding tert-OH is 1. The first-order valence-corrected chi connectivity index (χ1v) is 9.08. The van der Waals surface area contributed by atoms with Gasteiger partial charge in [0.2, 0.25) is 0 Å². The summed E-state index contributed by atoms with van der Waals surface area (Å²) in [4.78, 5) is 0. The lowest BCUT2D eigenvalue weighted by atomic mass is 10.1. The van der Waals surface area contributed by atoms with E-state index in [1.54, 1.807) is 14.2 Å². The van der Waals surface area contributed by atoms with Gasteiger partial charge in [0, 0.05) is 20.2 Å². The summed E-state index contributed by atoms with van der Waals surface area (Å²) in [5.74, 6) is 2.16. The van der Waals surface area contributed by atoms with Gasteiger partial charge in [-0.1, -0.05) is 24.3 Å². The number of benzene rings is 2. The molecule has 2 aromatic rings. The van der Waals surface area contributed by atoms with Crippen molar-refractivity contribution in [2.45, 2.75) is 12.5 Å². The lowest BCUT2D eigenvalue weighted by Gasteiger charge is -2.14. The van der Waals surface area contributed by atoms with Crippen LogP contribution in [0.3, 0.4) is 0 Å². The number of rotatable bonds is 13. The highest BCUT2D eigenvalue weighted by Crippen LogP contribution is 2.25. The van der Waals surface area contributed by atoms with Crippen LogP contribution in [-0.2, 0) is 11.2 Å². The Morgan fingerprint density at radius 1 is 0.926 bits per heavy atom. The lowest BCUT2D eigenvalue weighted by molar-refractivity contribution is 0.105. The molecule has 0 aliphatic carbocycles. The van der Waals surface area contributed by atoms with Gasteiger partial charge in [-0.2, -0.15) is 0 Å². The fraction of sp³-hybridized carbons (Fsp3) is 0.429. The summed E-state index contributed by atoms with van der Waals surface area (Å²) in [5, 5.41) is 13.2. The number of hydrogen-bond donors (Lipinski definition) is 2. The Morgan fingerprint density at radius 2 is 1.67 bits per heavy atom. The summed E-state index contributed by atoms with van der Waals surface area (Å²) in [7, 11) is 3.31. The number of aliphatic hydroxyl groups is 1. The van der Waals surface area contributed by atoms with Crippen LogP contribution in [-0.4, -0.2) is 58.3 Å². The van der Waals surface area contributed by atoms with E-state index in [1.165, 1.54) is 5.56 Å². The Morgan fingerprint density at radius 3 is 2.37 bits per heavy atom. The molecule has 27 heavy (non-hydrogen) atoms. The average Bonchev–Trinajstić information content (AvgIpc) is 2.71. The third-order valence-electron chi connectivity index (χ3n) is 3.95. The van der Waals surface area contributed by atoms with Crippen LogP contribution in [0.1, 0.15) is 5.56 Å². The summed E-state index contributed by atoms with van der Waals surface area (Å²) in [6.07, 6.45) is 0.282. The van der Waals surface area contributed by atoms with Gasteiger partial charge in [-0.25, -0.2) is 0 Å². The van der Waals surface area contributed by atoms with E-state index in [4.69, 9.17) is 18.9 Å². The molecular formula is C21H29NO5. The molecule has 0 aromatic heterocycles. The van der Waals surface area contributed by atoms with E-state index in [0.29, 0.717) is 37.8 Å². The molecule has 2 aromatic carbocycles. The Labute approximate surface area is 161 Å². The van der Waals surface area contributed by atoms with Gasteiger partial charge in [-0.05, 0) is 36.2 Å². The standard InChI is InChI=1S/C21H29NO5/c1-24-13-11-17-7-9-19(10-8-17)27-16-18(23)15-22-12-14-26-21-6-4-3-5-20(21)25-2/h3-10,18,22-23H,11-16H2,1-2H3. The van der Waals surface area contributed by atoms with Crippen molar-refractivity contribution in [1.29, 1.82) is 0 Å². The maximum Gasteiger partial charge on any atom is 0.161 e. The quantitative estimate of drug-likeness (QED) is 0.524. The lowest BCUT2D eigenvalue weighted by Crippen LogP contribution is -2.33. The van der Waals surface area contributed by atoms with Crippen LogP contribution in [0.5, 0.6) is 17.2 Å². The number of nitrogens with one attached hydrogen (secondary N) is 1. The van der Waals surface area contributed by atoms with Crippen LogP contribution in [0.25, 0.3) is 0 Å². The molecule has 0 amide bonds. The smallest absolute Gasteiger partial charge is 0.161 e. The predicted molar refractivity (Wildman–Crippen MR) is 105 cm³/mol. The summed E-state index contributed by atoms with van der Waals surface area (Å²) in [6, 6.07) is 15.3. The number of para-hydroxylation sites is 2. The van der Waals surface area contributed by atoms with Gasteiger partial charge in [-0.15, -0.1) is 0 Å². The zero-order valence-electron chi connectivity index (χ0n) is 16.0. The first-order chi connectivity index (χ1) is 13.2. The molecule has 0 saturated carbocycles. The number of hydrogen-bond acceptors (Lipinski definition) is 6. The minimum Gasteiger partial charge on any atom is -0.493 e. The fourth-order valence-electron chi connectivity index (χ4n) is 2.46. The molecule has 6 nitrogen and oxygen atoms in total. The topological polar surface area (TPSA) is 69.2 Å². The molecular weight excluding hydrogens is 346 g/mol. The Bertz CT molecular complexity index is 647. The van der Waals surface area contributed by atoms with E-state index in [2.05, 4.69) is 5.32 Å². The number of ether oxygens (including phenoxy) is 4. The van der Waals surface area contributed by atoms with Crippen molar-refractivity contribution in [3.05, 3.63) is 54.1 Å². The fourth-order valence-corrected chi connectivity index (χ4v) is 2.46. The second-order valence-corrected chi connectivity index (χ2v) is 6.06. The predicted octanol–water partition coefficient (Wildman–Crippen LogP) is 2.29. The second-order valence-electron chi connectivity index (χ2n) is 6.06. The van der Waals surface area contributed by atoms with Crippen LogP contribution in [0, 0.1) is 0 Å². The maximum atomic E-state index is 10.0.